The second-order valence-electron chi connectivity index (χ2n) is 7.72. The van der Waals surface area contributed by atoms with Gasteiger partial charge in [-0.25, -0.2) is 17.2 Å². The number of methoxy groups -OCH3 is 1. The van der Waals surface area contributed by atoms with E-state index in [2.05, 4.69) is 4.90 Å². The second-order valence-corrected chi connectivity index (χ2v) is 9.70. The summed E-state index contributed by atoms with van der Waals surface area (Å²) in [5.41, 5.74) is 0.802. The van der Waals surface area contributed by atoms with E-state index in [1.165, 1.54) is 7.11 Å². The van der Waals surface area contributed by atoms with E-state index in [4.69, 9.17) is 4.74 Å². The molecule has 3 rings (SSSR count). The van der Waals surface area contributed by atoms with Crippen LogP contribution in [-0.2, 0) is 16.4 Å². The summed E-state index contributed by atoms with van der Waals surface area (Å²) in [5.74, 6) is -2.19. The molecule has 0 aromatic heterocycles. The van der Waals surface area contributed by atoms with Gasteiger partial charge in [-0.1, -0.05) is 12.5 Å². The van der Waals surface area contributed by atoms with Gasteiger partial charge in [0.05, 0.1) is 7.11 Å². The first kappa shape index (κ1) is 19.5. The molecule has 1 saturated heterocycles. The van der Waals surface area contributed by atoms with Crippen LogP contribution in [0.2, 0.25) is 0 Å². The van der Waals surface area contributed by atoms with E-state index in [9.17, 15) is 17.2 Å². The number of hydrogen-bond acceptors (Lipinski definition) is 4. The summed E-state index contributed by atoms with van der Waals surface area (Å²) in [5, 5.41) is 0. The highest BCUT2D eigenvalue weighted by atomic mass is 32.2. The Hall–Kier alpha value is -1.21. The first-order valence-corrected chi connectivity index (χ1v) is 11.0. The zero-order chi connectivity index (χ0) is 19.0. The van der Waals surface area contributed by atoms with E-state index in [1.54, 1.807) is 18.2 Å². The number of nitrogens with zero attached hydrogens (tertiary/aromatic N) is 1. The molecule has 2 aliphatic rings. The number of ether oxygens (including phenoxy) is 1. The molecular formula is C19H27F2NO3S. The van der Waals surface area contributed by atoms with Gasteiger partial charge in [0, 0.05) is 31.2 Å². The molecule has 1 aromatic carbocycles. The number of likely N-dealkylation sites (tertiary alicyclic amines) is 1. The summed E-state index contributed by atoms with van der Waals surface area (Å²) in [6, 6.07) is 5.14. The third-order valence-electron chi connectivity index (χ3n) is 5.90. The van der Waals surface area contributed by atoms with Gasteiger partial charge in [0.2, 0.25) is 5.92 Å². The Morgan fingerprint density at radius 1 is 1.12 bits per heavy atom. The molecule has 0 N–H and O–H groups in total. The average Bonchev–Trinajstić information content (AvgIpc) is 2.58. The smallest absolute Gasteiger partial charge is 0.248 e. The van der Waals surface area contributed by atoms with Crippen LogP contribution in [0.3, 0.4) is 0 Å². The van der Waals surface area contributed by atoms with Crippen LogP contribution in [0, 0.1) is 0 Å². The largest absolute Gasteiger partial charge is 0.495 e. The van der Waals surface area contributed by atoms with Gasteiger partial charge in [-0.15, -0.1) is 0 Å². The van der Waals surface area contributed by atoms with E-state index >= 15 is 0 Å². The van der Waals surface area contributed by atoms with Crippen LogP contribution in [0.25, 0.3) is 0 Å². The van der Waals surface area contributed by atoms with Gasteiger partial charge < -0.3 is 4.74 Å². The van der Waals surface area contributed by atoms with Gasteiger partial charge >= 0.3 is 0 Å². The molecule has 7 heteroatoms. The average molecular weight is 387 g/mol. The number of rotatable bonds is 4. The normalized spacial score (nSPS) is 23.1. The standard InChI is InChI=1S/C19H27F2NO3S/c1-25-16-13-15(5-6-17(16)26(2,23)24)14-22-12-4-3-7-18(22)8-10-19(20,21)11-9-18/h5-6,13H,3-4,7-12,14H2,1-2H3. The summed E-state index contributed by atoms with van der Waals surface area (Å²) in [6.45, 7) is 1.52. The van der Waals surface area contributed by atoms with Gasteiger partial charge in [-0.05, 0) is 49.9 Å². The maximum atomic E-state index is 13.7. The number of hydrogen-bond donors (Lipinski definition) is 0. The molecule has 2 fully saturated rings. The Morgan fingerprint density at radius 3 is 2.42 bits per heavy atom. The Labute approximate surface area is 154 Å². The molecule has 0 radical (unpaired) electrons. The zero-order valence-electron chi connectivity index (χ0n) is 15.4. The Bertz CT molecular complexity index is 754. The van der Waals surface area contributed by atoms with Crippen molar-refractivity contribution < 1.29 is 21.9 Å². The minimum atomic E-state index is -3.36. The molecule has 0 bridgehead atoms. The zero-order valence-corrected chi connectivity index (χ0v) is 16.2. The molecule has 1 aromatic rings. The van der Waals surface area contributed by atoms with E-state index < -0.39 is 15.8 Å². The van der Waals surface area contributed by atoms with E-state index in [-0.39, 0.29) is 23.3 Å². The summed E-state index contributed by atoms with van der Waals surface area (Å²) >= 11 is 0. The molecule has 1 saturated carbocycles. The van der Waals surface area contributed by atoms with Crippen LogP contribution >= 0.6 is 0 Å². The van der Waals surface area contributed by atoms with E-state index in [1.807, 2.05) is 0 Å². The molecular weight excluding hydrogens is 360 g/mol. The summed E-state index contributed by atoms with van der Waals surface area (Å²) < 4.78 is 56.3. The van der Waals surface area contributed by atoms with Gasteiger partial charge in [-0.2, -0.15) is 0 Å². The molecule has 26 heavy (non-hydrogen) atoms. The SMILES string of the molecule is COc1cc(CN2CCCCC23CCC(F)(F)CC3)ccc1S(C)(=O)=O. The van der Waals surface area contributed by atoms with Crippen LogP contribution in [0.4, 0.5) is 8.78 Å². The topological polar surface area (TPSA) is 46.6 Å². The van der Waals surface area contributed by atoms with Gasteiger partial charge in [0.15, 0.2) is 9.84 Å². The molecule has 1 aliphatic carbocycles. The maximum absolute atomic E-state index is 13.7. The highest BCUT2D eigenvalue weighted by molar-refractivity contribution is 7.90. The lowest BCUT2D eigenvalue weighted by Crippen LogP contribution is -2.54. The number of alkyl halides is 2. The highest BCUT2D eigenvalue weighted by Crippen LogP contribution is 2.46. The molecule has 1 spiro atoms. The fraction of sp³-hybridized carbons (Fsp3) is 0.684. The minimum Gasteiger partial charge on any atom is -0.495 e. The minimum absolute atomic E-state index is 0.0418. The fourth-order valence-corrected chi connectivity index (χ4v) is 5.21. The number of halogens is 2. The lowest BCUT2D eigenvalue weighted by Gasteiger charge is -2.51. The molecule has 0 atom stereocenters. The third kappa shape index (κ3) is 4.03. The van der Waals surface area contributed by atoms with Crippen LogP contribution in [0.15, 0.2) is 23.1 Å². The molecule has 146 valence electrons. The van der Waals surface area contributed by atoms with Gasteiger partial charge in [-0.3, -0.25) is 4.90 Å². The van der Waals surface area contributed by atoms with Gasteiger partial charge in [0.25, 0.3) is 0 Å². The van der Waals surface area contributed by atoms with Crippen molar-refractivity contribution in [3.05, 3.63) is 23.8 Å². The van der Waals surface area contributed by atoms with Crippen molar-refractivity contribution in [2.45, 2.75) is 67.8 Å². The Kier molecular flexibility index (Phi) is 5.32. The lowest BCUT2D eigenvalue weighted by atomic mass is 9.73. The molecule has 1 heterocycles. The second kappa shape index (κ2) is 7.08. The predicted molar refractivity (Wildman–Crippen MR) is 96.5 cm³/mol. The lowest BCUT2D eigenvalue weighted by molar-refractivity contribution is -0.0945. The Morgan fingerprint density at radius 2 is 1.81 bits per heavy atom. The number of benzene rings is 1. The van der Waals surface area contributed by atoms with Crippen molar-refractivity contribution in [1.82, 2.24) is 4.90 Å². The highest BCUT2D eigenvalue weighted by Gasteiger charge is 2.47. The van der Waals surface area contributed by atoms with Crippen molar-refractivity contribution in [2.24, 2.45) is 0 Å². The van der Waals surface area contributed by atoms with Crippen LogP contribution in [0.5, 0.6) is 5.75 Å². The van der Waals surface area contributed by atoms with Crippen molar-refractivity contribution in [3.8, 4) is 5.75 Å². The molecule has 0 unspecified atom stereocenters. The first-order valence-electron chi connectivity index (χ1n) is 9.15. The van der Waals surface area contributed by atoms with Crippen molar-refractivity contribution in [2.75, 3.05) is 19.9 Å². The fourth-order valence-electron chi connectivity index (χ4n) is 4.38. The van der Waals surface area contributed by atoms with Crippen molar-refractivity contribution >= 4 is 9.84 Å². The monoisotopic (exact) mass is 387 g/mol. The maximum Gasteiger partial charge on any atom is 0.248 e. The van der Waals surface area contributed by atoms with Crippen LogP contribution in [-0.4, -0.2) is 44.7 Å². The number of piperidine rings is 1. The predicted octanol–water partition coefficient (Wildman–Crippen LogP) is 4.03. The summed E-state index contributed by atoms with van der Waals surface area (Å²) in [6.07, 6.45) is 5.24. The first-order chi connectivity index (χ1) is 12.2. The van der Waals surface area contributed by atoms with Crippen LogP contribution < -0.4 is 4.74 Å². The van der Waals surface area contributed by atoms with Gasteiger partial charge in [0.1, 0.15) is 10.6 Å². The third-order valence-corrected chi connectivity index (χ3v) is 7.04. The molecule has 0 amide bonds. The van der Waals surface area contributed by atoms with E-state index in [0.29, 0.717) is 25.1 Å². The number of sulfone groups is 1. The van der Waals surface area contributed by atoms with E-state index in [0.717, 1.165) is 37.6 Å². The Balaban J connectivity index is 1.82. The van der Waals surface area contributed by atoms with Crippen molar-refractivity contribution in [3.63, 3.8) is 0 Å². The molecule has 4 nitrogen and oxygen atoms in total. The van der Waals surface area contributed by atoms with Crippen LogP contribution in [0.1, 0.15) is 50.5 Å². The quantitative estimate of drug-likeness (QED) is 0.783. The molecule has 1 aliphatic heterocycles. The van der Waals surface area contributed by atoms with Crippen molar-refractivity contribution in [1.29, 1.82) is 0 Å². The summed E-state index contributed by atoms with van der Waals surface area (Å²) in [4.78, 5) is 2.51. The summed E-state index contributed by atoms with van der Waals surface area (Å²) in [7, 11) is -1.90.